The molecule has 6 heteroatoms. The van der Waals surface area contributed by atoms with Gasteiger partial charge in [0.05, 0.1) is 10.9 Å². The van der Waals surface area contributed by atoms with Crippen molar-refractivity contribution in [3.8, 4) is 0 Å². The Morgan fingerprint density at radius 2 is 1.70 bits per heavy atom. The van der Waals surface area contributed by atoms with E-state index in [1.54, 1.807) is 36.2 Å². The van der Waals surface area contributed by atoms with Gasteiger partial charge in [0, 0.05) is 35.5 Å². The van der Waals surface area contributed by atoms with Crippen molar-refractivity contribution in [2.45, 2.75) is 31.7 Å². The molecule has 142 valence electrons. The summed E-state index contributed by atoms with van der Waals surface area (Å²) in [6.07, 6.45) is 1.18. The van der Waals surface area contributed by atoms with Crippen molar-refractivity contribution in [2.24, 2.45) is 0 Å². The number of hydrogen-bond acceptors (Lipinski definition) is 3. The zero-order chi connectivity index (χ0) is 19.9. The molecule has 0 aliphatic rings. The van der Waals surface area contributed by atoms with Crippen molar-refractivity contribution in [3.05, 3.63) is 64.8 Å². The minimum atomic E-state index is -3.23. The molecule has 2 aromatic carbocycles. The third kappa shape index (κ3) is 3.62. The van der Waals surface area contributed by atoms with E-state index < -0.39 is 9.84 Å². The Labute approximate surface area is 159 Å². The Hall–Kier alpha value is -2.60. The minimum absolute atomic E-state index is 0.0742. The molecule has 0 bridgehead atoms. The fourth-order valence-corrected chi connectivity index (χ4v) is 3.82. The summed E-state index contributed by atoms with van der Waals surface area (Å²) in [5.74, 6) is -0.0742. The lowest BCUT2D eigenvalue weighted by molar-refractivity contribution is 0.0742. The van der Waals surface area contributed by atoms with E-state index in [1.165, 1.54) is 6.26 Å². The van der Waals surface area contributed by atoms with Crippen LogP contribution >= 0.6 is 0 Å². The summed E-state index contributed by atoms with van der Waals surface area (Å²) in [7, 11) is -1.47. The van der Waals surface area contributed by atoms with Crippen LogP contribution in [0.25, 0.3) is 10.9 Å². The van der Waals surface area contributed by atoms with Gasteiger partial charge in [0.15, 0.2) is 9.84 Å². The molecule has 3 rings (SSSR count). The maximum atomic E-state index is 13.0. The summed E-state index contributed by atoms with van der Waals surface area (Å²) in [6.45, 7) is 5.99. The molecule has 1 unspecified atom stereocenters. The van der Waals surface area contributed by atoms with Gasteiger partial charge in [-0.1, -0.05) is 12.1 Å². The molecule has 1 atom stereocenters. The predicted molar refractivity (Wildman–Crippen MR) is 108 cm³/mol. The van der Waals surface area contributed by atoms with E-state index in [0.29, 0.717) is 5.56 Å². The lowest BCUT2D eigenvalue weighted by Crippen LogP contribution is -2.29. The summed E-state index contributed by atoms with van der Waals surface area (Å²) >= 11 is 0. The van der Waals surface area contributed by atoms with Gasteiger partial charge in [0.25, 0.3) is 5.91 Å². The monoisotopic (exact) mass is 384 g/mol. The molecule has 27 heavy (non-hydrogen) atoms. The smallest absolute Gasteiger partial charge is 0.254 e. The van der Waals surface area contributed by atoms with Crippen molar-refractivity contribution in [1.29, 1.82) is 0 Å². The molecule has 0 fully saturated rings. The first-order chi connectivity index (χ1) is 12.6. The van der Waals surface area contributed by atoms with Crippen LogP contribution in [-0.2, 0) is 9.84 Å². The van der Waals surface area contributed by atoms with Crippen LogP contribution in [0.3, 0.4) is 0 Å². The SMILES string of the molecule is Cc1[nH]c2ccc(C(=O)N(C)C(C)c3ccc(S(C)(=O)=O)cc3)cc2c1C. The average molecular weight is 385 g/mol. The summed E-state index contributed by atoms with van der Waals surface area (Å²) in [5.41, 5.74) is 4.78. The molecule has 3 aromatic rings. The number of nitrogens with one attached hydrogen (secondary N) is 1. The highest BCUT2D eigenvalue weighted by Crippen LogP contribution is 2.26. The van der Waals surface area contributed by atoms with Crippen LogP contribution in [-0.4, -0.2) is 37.5 Å². The highest BCUT2D eigenvalue weighted by Gasteiger charge is 2.20. The minimum Gasteiger partial charge on any atom is -0.358 e. The van der Waals surface area contributed by atoms with E-state index in [0.717, 1.165) is 27.7 Å². The maximum absolute atomic E-state index is 13.0. The molecule has 5 nitrogen and oxygen atoms in total. The Balaban J connectivity index is 1.87. The molecule has 0 radical (unpaired) electrons. The fourth-order valence-electron chi connectivity index (χ4n) is 3.19. The number of carbonyl (C=O) groups excluding carboxylic acids is 1. The third-order valence-electron chi connectivity index (χ3n) is 5.25. The van der Waals surface area contributed by atoms with Crippen LogP contribution in [0.2, 0.25) is 0 Å². The first kappa shape index (κ1) is 19.2. The zero-order valence-corrected chi connectivity index (χ0v) is 17.0. The molecular formula is C21H24N2O3S. The van der Waals surface area contributed by atoms with Crippen LogP contribution in [0.5, 0.6) is 0 Å². The summed E-state index contributed by atoms with van der Waals surface area (Å²) in [5, 5.41) is 1.05. The second-order valence-electron chi connectivity index (χ2n) is 7.07. The lowest BCUT2D eigenvalue weighted by Gasteiger charge is -2.25. The van der Waals surface area contributed by atoms with Gasteiger partial charge < -0.3 is 9.88 Å². The Bertz CT molecular complexity index is 1110. The van der Waals surface area contributed by atoms with Gasteiger partial charge in [-0.2, -0.15) is 0 Å². The first-order valence-corrected chi connectivity index (χ1v) is 10.6. The van der Waals surface area contributed by atoms with Crippen LogP contribution in [0.4, 0.5) is 0 Å². The number of aryl methyl sites for hydroxylation is 2. The lowest BCUT2D eigenvalue weighted by atomic mass is 10.0. The highest BCUT2D eigenvalue weighted by molar-refractivity contribution is 7.90. The molecule has 0 saturated carbocycles. The van der Waals surface area contributed by atoms with E-state index in [-0.39, 0.29) is 16.8 Å². The van der Waals surface area contributed by atoms with Crippen molar-refractivity contribution >= 4 is 26.6 Å². The topological polar surface area (TPSA) is 70.2 Å². The number of hydrogen-bond donors (Lipinski definition) is 1. The predicted octanol–water partition coefficient (Wildman–Crippen LogP) is 4.02. The number of aromatic nitrogens is 1. The maximum Gasteiger partial charge on any atom is 0.254 e. The molecule has 0 aliphatic carbocycles. The number of rotatable bonds is 4. The summed E-state index contributed by atoms with van der Waals surface area (Å²) in [4.78, 5) is 18.2. The first-order valence-electron chi connectivity index (χ1n) is 8.75. The van der Waals surface area contributed by atoms with E-state index in [4.69, 9.17) is 0 Å². The van der Waals surface area contributed by atoms with Crippen LogP contribution < -0.4 is 0 Å². The van der Waals surface area contributed by atoms with Gasteiger partial charge in [0.1, 0.15) is 0 Å². The average Bonchev–Trinajstić information content (AvgIpc) is 2.93. The van der Waals surface area contributed by atoms with E-state index in [9.17, 15) is 13.2 Å². The second kappa shape index (κ2) is 6.85. The van der Waals surface area contributed by atoms with E-state index >= 15 is 0 Å². The summed E-state index contributed by atoms with van der Waals surface area (Å²) in [6, 6.07) is 12.2. The number of carbonyl (C=O) groups is 1. The van der Waals surface area contributed by atoms with Crippen molar-refractivity contribution in [1.82, 2.24) is 9.88 Å². The van der Waals surface area contributed by atoms with E-state index in [2.05, 4.69) is 4.98 Å². The number of nitrogens with zero attached hydrogens (tertiary/aromatic N) is 1. The Kier molecular flexibility index (Phi) is 4.86. The van der Waals surface area contributed by atoms with Crippen LogP contribution in [0.15, 0.2) is 47.4 Å². The third-order valence-corrected chi connectivity index (χ3v) is 6.38. The molecule has 1 heterocycles. The van der Waals surface area contributed by atoms with Crippen LogP contribution in [0, 0.1) is 13.8 Å². The normalized spacial score (nSPS) is 12.9. The molecule has 1 N–H and O–H groups in total. The van der Waals surface area contributed by atoms with Gasteiger partial charge in [-0.25, -0.2) is 8.42 Å². The molecule has 0 saturated heterocycles. The second-order valence-corrected chi connectivity index (χ2v) is 9.08. The Morgan fingerprint density at radius 1 is 1.07 bits per heavy atom. The highest BCUT2D eigenvalue weighted by atomic mass is 32.2. The largest absolute Gasteiger partial charge is 0.358 e. The van der Waals surface area contributed by atoms with Gasteiger partial charge in [-0.05, 0) is 62.2 Å². The molecule has 1 aromatic heterocycles. The zero-order valence-electron chi connectivity index (χ0n) is 16.2. The fraction of sp³-hybridized carbons (Fsp3) is 0.286. The van der Waals surface area contributed by atoms with Gasteiger partial charge in [-0.15, -0.1) is 0 Å². The van der Waals surface area contributed by atoms with E-state index in [1.807, 2.05) is 39.0 Å². The number of H-pyrrole nitrogens is 1. The number of amides is 1. The molecular weight excluding hydrogens is 360 g/mol. The van der Waals surface area contributed by atoms with Crippen LogP contribution in [0.1, 0.15) is 40.1 Å². The molecule has 1 amide bonds. The van der Waals surface area contributed by atoms with Crippen molar-refractivity contribution in [2.75, 3.05) is 13.3 Å². The van der Waals surface area contributed by atoms with Crippen molar-refractivity contribution < 1.29 is 13.2 Å². The van der Waals surface area contributed by atoms with Gasteiger partial charge >= 0.3 is 0 Å². The number of aromatic amines is 1. The number of sulfone groups is 1. The molecule has 0 aliphatic heterocycles. The quantitative estimate of drug-likeness (QED) is 0.738. The number of benzene rings is 2. The van der Waals surface area contributed by atoms with Crippen molar-refractivity contribution in [3.63, 3.8) is 0 Å². The van der Waals surface area contributed by atoms with Gasteiger partial charge in [0.2, 0.25) is 0 Å². The standard InChI is InChI=1S/C21H24N2O3S/c1-13-14(2)22-20-11-8-17(12-19(13)20)21(24)23(4)15(3)16-6-9-18(10-7-16)27(5,25)26/h6-12,15,22H,1-5H3. The number of fused-ring (bicyclic) bond motifs is 1. The molecule has 0 spiro atoms. The van der Waals surface area contributed by atoms with Gasteiger partial charge in [-0.3, -0.25) is 4.79 Å². The Morgan fingerprint density at radius 3 is 2.30 bits per heavy atom. The summed E-state index contributed by atoms with van der Waals surface area (Å²) < 4.78 is 23.2.